The Balaban J connectivity index is 1.59. The van der Waals surface area contributed by atoms with Gasteiger partial charge in [0.25, 0.3) is 5.91 Å². The Morgan fingerprint density at radius 3 is 2.06 bits per heavy atom. The first-order chi connectivity index (χ1) is 15.5. The molecule has 3 rings (SSSR count). The van der Waals surface area contributed by atoms with E-state index in [-0.39, 0.29) is 12.5 Å². The lowest BCUT2D eigenvalue weighted by Crippen LogP contribution is -2.26. The number of hydrogen-bond donors (Lipinski definition) is 1. The highest BCUT2D eigenvalue weighted by Crippen LogP contribution is 2.24. The van der Waals surface area contributed by atoms with E-state index in [0.29, 0.717) is 11.3 Å². The third kappa shape index (κ3) is 5.97. The molecule has 0 bridgehead atoms. The van der Waals surface area contributed by atoms with Crippen molar-refractivity contribution in [1.29, 1.82) is 0 Å². The van der Waals surface area contributed by atoms with Gasteiger partial charge in [-0.25, -0.2) is 4.79 Å². The van der Waals surface area contributed by atoms with E-state index in [4.69, 9.17) is 9.47 Å². The van der Waals surface area contributed by atoms with Gasteiger partial charge in [0.1, 0.15) is 12.4 Å². The number of rotatable bonds is 9. The van der Waals surface area contributed by atoms with Gasteiger partial charge in [0.2, 0.25) is 0 Å². The molecule has 0 aromatic heterocycles. The highest BCUT2D eigenvalue weighted by atomic mass is 16.6. The van der Waals surface area contributed by atoms with Crippen LogP contribution in [0.15, 0.2) is 72.8 Å². The lowest BCUT2D eigenvalue weighted by Gasteiger charge is -2.16. The van der Waals surface area contributed by atoms with E-state index in [2.05, 4.69) is 19.2 Å². The van der Waals surface area contributed by atoms with Crippen LogP contribution in [0.1, 0.15) is 47.8 Å². The third-order valence-electron chi connectivity index (χ3n) is 5.22. The Bertz CT molecular complexity index is 1020. The van der Waals surface area contributed by atoms with Gasteiger partial charge in [-0.2, -0.15) is 0 Å². The third-order valence-corrected chi connectivity index (χ3v) is 5.22. The van der Waals surface area contributed by atoms with E-state index in [1.165, 1.54) is 0 Å². The van der Waals surface area contributed by atoms with Gasteiger partial charge in [0.05, 0.1) is 0 Å². The van der Waals surface area contributed by atoms with E-state index in [0.717, 1.165) is 35.2 Å². The molecule has 0 fully saturated rings. The average Bonchev–Trinajstić information content (AvgIpc) is 2.83. The van der Waals surface area contributed by atoms with E-state index in [1.807, 2.05) is 48.5 Å². The molecule has 1 atom stereocenters. The lowest BCUT2D eigenvalue weighted by atomic mass is 10.0. The second kappa shape index (κ2) is 11.1. The number of carbonyl (C=O) groups excluding carboxylic acids is 2. The molecule has 0 saturated heterocycles. The molecule has 0 aliphatic rings. The molecule has 3 aromatic carbocycles. The molecule has 3 aromatic rings. The Kier molecular flexibility index (Phi) is 8.03. The molecule has 32 heavy (non-hydrogen) atoms. The van der Waals surface area contributed by atoms with Crippen LogP contribution < -0.4 is 10.1 Å². The maximum absolute atomic E-state index is 12.8. The Morgan fingerprint density at radius 1 is 0.844 bits per heavy atom. The number of para-hydroxylation sites is 1. The van der Waals surface area contributed by atoms with E-state index in [1.54, 1.807) is 31.2 Å². The van der Waals surface area contributed by atoms with E-state index in [9.17, 15) is 9.59 Å². The number of amides is 1. The maximum Gasteiger partial charge on any atom is 0.347 e. The van der Waals surface area contributed by atoms with E-state index < -0.39 is 12.1 Å². The van der Waals surface area contributed by atoms with E-state index >= 15 is 0 Å². The van der Waals surface area contributed by atoms with Gasteiger partial charge in [-0.15, -0.1) is 0 Å². The number of hydrogen-bond acceptors (Lipinski definition) is 4. The van der Waals surface area contributed by atoms with Crippen LogP contribution in [0.4, 0.5) is 5.69 Å². The number of esters is 1. The van der Waals surface area contributed by atoms with Crippen LogP contribution >= 0.6 is 0 Å². The predicted molar refractivity (Wildman–Crippen MR) is 126 cm³/mol. The first-order valence-corrected chi connectivity index (χ1v) is 10.9. The van der Waals surface area contributed by atoms with Crippen molar-refractivity contribution in [2.45, 2.75) is 46.3 Å². The zero-order chi connectivity index (χ0) is 22.9. The Morgan fingerprint density at radius 2 is 1.47 bits per heavy atom. The number of benzene rings is 3. The molecule has 0 spiro atoms. The summed E-state index contributed by atoms with van der Waals surface area (Å²) in [6.45, 7) is 5.98. The second-order valence-electron chi connectivity index (χ2n) is 7.49. The molecule has 166 valence electrons. The molecule has 0 aliphatic heterocycles. The molecule has 0 saturated carbocycles. The number of anilines is 1. The normalized spacial score (nSPS) is 11.5. The second-order valence-corrected chi connectivity index (χ2v) is 7.49. The van der Waals surface area contributed by atoms with Gasteiger partial charge in [0, 0.05) is 11.3 Å². The standard InChI is InChI=1S/C27H29NO4/c1-4-21-12-9-13-22(5-2)25(21)28-26(29)23-14-16-24(17-15-23)32-19(3)27(30)31-18-20-10-7-6-8-11-20/h6-17,19H,4-5,18H2,1-3H3,(H,28,29). The van der Waals surface area contributed by atoms with Gasteiger partial charge >= 0.3 is 5.97 Å². The summed E-state index contributed by atoms with van der Waals surface area (Å²) in [5, 5.41) is 3.05. The minimum atomic E-state index is -0.762. The summed E-state index contributed by atoms with van der Waals surface area (Å²) in [4.78, 5) is 25.0. The smallest absolute Gasteiger partial charge is 0.347 e. The molecule has 5 nitrogen and oxygen atoms in total. The van der Waals surface area contributed by atoms with Crippen molar-refractivity contribution >= 4 is 17.6 Å². The highest BCUT2D eigenvalue weighted by molar-refractivity contribution is 6.05. The van der Waals surface area contributed by atoms with Crippen molar-refractivity contribution in [3.05, 3.63) is 95.1 Å². The fourth-order valence-electron chi connectivity index (χ4n) is 3.37. The molecular formula is C27H29NO4. The average molecular weight is 432 g/mol. The largest absolute Gasteiger partial charge is 0.479 e. The van der Waals surface area contributed by atoms with Gasteiger partial charge in [-0.1, -0.05) is 62.4 Å². The van der Waals surface area contributed by atoms with Gasteiger partial charge in [-0.3, -0.25) is 4.79 Å². The minimum Gasteiger partial charge on any atom is -0.479 e. The first-order valence-electron chi connectivity index (χ1n) is 10.9. The summed E-state index contributed by atoms with van der Waals surface area (Å²) in [5.74, 6) is -0.129. The summed E-state index contributed by atoms with van der Waals surface area (Å²) in [6.07, 6.45) is 0.921. The highest BCUT2D eigenvalue weighted by Gasteiger charge is 2.17. The molecule has 1 N–H and O–H groups in total. The van der Waals surface area contributed by atoms with Gasteiger partial charge in [0.15, 0.2) is 6.10 Å². The van der Waals surface area contributed by atoms with Crippen LogP contribution in [0.5, 0.6) is 5.75 Å². The van der Waals surface area contributed by atoms with Crippen molar-refractivity contribution in [1.82, 2.24) is 0 Å². The zero-order valence-corrected chi connectivity index (χ0v) is 18.8. The van der Waals surface area contributed by atoms with Crippen molar-refractivity contribution < 1.29 is 19.1 Å². The molecule has 5 heteroatoms. The SMILES string of the molecule is CCc1cccc(CC)c1NC(=O)c1ccc(OC(C)C(=O)OCc2ccccc2)cc1. The zero-order valence-electron chi connectivity index (χ0n) is 18.8. The molecule has 0 aliphatic carbocycles. The van der Waals surface area contributed by atoms with Crippen LogP contribution in [0.3, 0.4) is 0 Å². The lowest BCUT2D eigenvalue weighted by molar-refractivity contribution is -0.152. The molecule has 0 radical (unpaired) electrons. The van der Waals surface area contributed by atoms with Crippen LogP contribution in [-0.2, 0) is 29.0 Å². The van der Waals surface area contributed by atoms with Crippen LogP contribution in [0, 0.1) is 0 Å². The predicted octanol–water partition coefficient (Wildman–Crippen LogP) is 5.57. The number of aryl methyl sites for hydroxylation is 2. The number of nitrogens with one attached hydrogen (secondary N) is 1. The quantitative estimate of drug-likeness (QED) is 0.450. The first kappa shape index (κ1) is 23.1. The molecule has 1 unspecified atom stereocenters. The monoisotopic (exact) mass is 431 g/mol. The van der Waals surface area contributed by atoms with Crippen molar-refractivity contribution in [3.63, 3.8) is 0 Å². The molecule has 1 amide bonds. The number of ether oxygens (including phenoxy) is 2. The Hall–Kier alpha value is -3.60. The van der Waals surface area contributed by atoms with Crippen LogP contribution in [0.2, 0.25) is 0 Å². The Labute approximate surface area is 189 Å². The fourth-order valence-corrected chi connectivity index (χ4v) is 3.37. The van der Waals surface area contributed by atoms with Crippen molar-refractivity contribution in [2.24, 2.45) is 0 Å². The van der Waals surface area contributed by atoms with Gasteiger partial charge in [-0.05, 0) is 60.7 Å². The molecule has 0 heterocycles. The fraction of sp³-hybridized carbons (Fsp3) is 0.259. The summed E-state index contributed by atoms with van der Waals surface area (Å²) < 4.78 is 11.0. The van der Waals surface area contributed by atoms with Crippen LogP contribution in [0.25, 0.3) is 0 Å². The van der Waals surface area contributed by atoms with Crippen LogP contribution in [-0.4, -0.2) is 18.0 Å². The minimum absolute atomic E-state index is 0.178. The molecular weight excluding hydrogens is 402 g/mol. The van der Waals surface area contributed by atoms with Crippen molar-refractivity contribution in [3.8, 4) is 5.75 Å². The van der Waals surface area contributed by atoms with Gasteiger partial charge < -0.3 is 14.8 Å². The number of carbonyl (C=O) groups is 2. The summed E-state index contributed by atoms with van der Waals surface area (Å²) >= 11 is 0. The summed E-state index contributed by atoms with van der Waals surface area (Å²) in [5.41, 5.74) is 4.54. The summed E-state index contributed by atoms with van der Waals surface area (Å²) in [7, 11) is 0. The maximum atomic E-state index is 12.8. The summed E-state index contributed by atoms with van der Waals surface area (Å²) in [6, 6.07) is 22.3. The van der Waals surface area contributed by atoms with Crippen molar-refractivity contribution in [2.75, 3.05) is 5.32 Å². The topological polar surface area (TPSA) is 64.6 Å².